The number of carboxylic acid groups (broad SMARTS) is 4. The maximum atomic E-state index is 13.0. The molecule has 39 nitrogen and oxygen atoms in total. The molecule has 0 aliphatic heterocycles. The Hall–Kier alpha value is -9.29. The largest absolute Gasteiger partial charge is 0.494 e. The Kier molecular flexibility index (Phi) is 62.6. The molecule has 2 aromatic rings. The molecule has 4 unspecified atom stereocenters. The zero-order valence-electron chi connectivity index (χ0n) is 70.4. The summed E-state index contributed by atoms with van der Waals surface area (Å²) in [6.45, 7) is 4.35. The van der Waals surface area contributed by atoms with Crippen LogP contribution in [0.1, 0.15) is 195 Å². The molecule has 0 radical (unpaired) electrons. The van der Waals surface area contributed by atoms with Crippen molar-refractivity contribution < 1.29 is 140 Å². The first kappa shape index (κ1) is 108. The van der Waals surface area contributed by atoms with Crippen molar-refractivity contribution in [1.29, 1.82) is 0 Å². The third-order valence-corrected chi connectivity index (χ3v) is 18.2. The van der Waals surface area contributed by atoms with Crippen LogP contribution in [0.15, 0.2) is 48.5 Å². The Bertz CT molecular complexity index is 3240. The van der Waals surface area contributed by atoms with Crippen LogP contribution < -0.4 is 62.6 Å². The molecule has 9 amide bonds. The van der Waals surface area contributed by atoms with Crippen LogP contribution in [0.3, 0.4) is 0 Å². The quantitative estimate of drug-likeness (QED) is 0.0334. The number of nitrogens with one attached hydrogen (secondary N) is 10. The maximum Gasteiger partial charge on any atom is 0.335 e. The van der Waals surface area contributed by atoms with Gasteiger partial charge in [-0.05, 0) is 140 Å². The summed E-state index contributed by atoms with van der Waals surface area (Å²) in [5.41, 5.74) is 0.403. The molecule has 0 bridgehead atoms. The zero-order chi connectivity index (χ0) is 88.8. The van der Waals surface area contributed by atoms with E-state index in [4.69, 9.17) is 57.6 Å². The van der Waals surface area contributed by atoms with E-state index in [1.54, 1.807) is 31.3 Å². The molecule has 0 aliphatic carbocycles. The molecule has 2 aromatic carbocycles. The number of carbonyl (C=O) groups excluding carboxylic acids is 9. The smallest absolute Gasteiger partial charge is 0.335 e. The molecule has 0 saturated heterocycles. The number of aliphatic hydroxyl groups is 2. The fourth-order valence-corrected chi connectivity index (χ4v) is 11.4. The van der Waals surface area contributed by atoms with Gasteiger partial charge < -0.3 is 131 Å². The molecule has 0 aliphatic rings. The average Bonchev–Trinajstić information content (AvgIpc) is 0.869. The standard InChI is InChI=1S/C82H134N10O29/c1-82(110,111)68(92-72(96)24-14-10-6-4-8-12-20-44-121-64-31-27-62(28-32-64)79(104)105)34-36-70(94)87-40-46-113-50-56-119-60-76(100)89-41-47-114-51-53-116-57-73(97)84-37-17-15-21-65(83-2)77(101)91-66(80(106)107)22-16-18-38-85-74(98)58-117-54-52-115-48-42-88-75(99)59-118-55-49-112-45-39-86-69(93)35-33-67(81(108)109)90-71(95)23-13-9-5-3-7-11-19-43-120-63-29-25-61(26-30-63)78(102)103/h25-32,65-68,83,110-111H,3-24,33-60H2,1-2H3,(H,84,97)(H,85,98)(H,86,93)(H,87,94)(H,88,99)(H,89,100)(H,90,95)(H,91,101)(H,92,96)(H,102,103)(H,104,105)(H,106,107)(H,108,109). The fraction of sp³-hybridized carbons (Fsp3) is 0.695. The van der Waals surface area contributed by atoms with Crippen molar-refractivity contribution in [3.05, 3.63) is 59.7 Å². The van der Waals surface area contributed by atoms with Gasteiger partial charge in [0, 0.05) is 65.0 Å². The number of aromatic carboxylic acids is 2. The minimum atomic E-state index is -2.24. The Morgan fingerprint density at radius 3 is 0.975 bits per heavy atom. The summed E-state index contributed by atoms with van der Waals surface area (Å²) in [5, 5.41) is 84.5. The van der Waals surface area contributed by atoms with Gasteiger partial charge in [-0.3, -0.25) is 43.2 Å². The number of rotatable bonds is 80. The van der Waals surface area contributed by atoms with E-state index >= 15 is 0 Å². The summed E-state index contributed by atoms with van der Waals surface area (Å²) in [6.07, 6.45) is 14.9. The third kappa shape index (κ3) is 60.8. The van der Waals surface area contributed by atoms with Crippen LogP contribution in [0.2, 0.25) is 0 Å². The molecule has 4 atom stereocenters. The summed E-state index contributed by atoms with van der Waals surface area (Å²) in [6, 6.07) is 8.43. The third-order valence-electron chi connectivity index (χ3n) is 18.2. The fourth-order valence-electron chi connectivity index (χ4n) is 11.4. The number of carboxylic acids is 4. The predicted octanol–water partition coefficient (Wildman–Crippen LogP) is 2.43. The van der Waals surface area contributed by atoms with E-state index in [2.05, 4.69) is 53.2 Å². The lowest BCUT2D eigenvalue weighted by atomic mass is 10.0. The maximum absolute atomic E-state index is 13.0. The van der Waals surface area contributed by atoms with Crippen molar-refractivity contribution in [3.8, 4) is 11.5 Å². The monoisotopic (exact) mass is 1720 g/mol. The van der Waals surface area contributed by atoms with Crippen LogP contribution >= 0.6 is 0 Å². The molecule has 0 fully saturated rings. The van der Waals surface area contributed by atoms with Gasteiger partial charge in [-0.15, -0.1) is 0 Å². The second kappa shape index (κ2) is 70.3. The van der Waals surface area contributed by atoms with Gasteiger partial charge in [-0.25, -0.2) is 19.2 Å². The lowest BCUT2D eigenvalue weighted by molar-refractivity contribution is -0.173. The van der Waals surface area contributed by atoms with Crippen LogP contribution in [-0.2, 0) is 90.6 Å². The lowest BCUT2D eigenvalue weighted by Gasteiger charge is -2.28. The van der Waals surface area contributed by atoms with Crippen LogP contribution in [0.25, 0.3) is 0 Å². The highest BCUT2D eigenvalue weighted by Crippen LogP contribution is 2.18. The van der Waals surface area contributed by atoms with Crippen molar-refractivity contribution in [2.75, 3.05) is 165 Å². The van der Waals surface area contributed by atoms with E-state index in [1.807, 2.05) is 0 Å². The highest BCUT2D eigenvalue weighted by molar-refractivity contribution is 5.89. The lowest BCUT2D eigenvalue weighted by Crippen LogP contribution is -2.51. The van der Waals surface area contributed by atoms with Crippen molar-refractivity contribution in [2.24, 2.45) is 0 Å². The molecule has 0 aromatic heterocycles. The number of amides is 9. The van der Waals surface area contributed by atoms with Gasteiger partial charge in [-0.1, -0.05) is 64.2 Å². The predicted molar refractivity (Wildman–Crippen MR) is 439 cm³/mol. The number of benzene rings is 2. The summed E-state index contributed by atoms with van der Waals surface area (Å²) in [4.78, 5) is 157. The Morgan fingerprint density at radius 2 is 0.620 bits per heavy atom. The minimum Gasteiger partial charge on any atom is -0.494 e. The number of likely N-dealkylation sites (N-methyl/N-ethyl adjacent to an activating group) is 1. The number of ether oxygens (including phenoxy) is 10. The van der Waals surface area contributed by atoms with Gasteiger partial charge in [0.25, 0.3) is 0 Å². The van der Waals surface area contributed by atoms with Crippen molar-refractivity contribution in [3.63, 3.8) is 0 Å². The number of carbonyl (C=O) groups is 13. The summed E-state index contributed by atoms with van der Waals surface area (Å²) < 4.78 is 54.4. The van der Waals surface area contributed by atoms with Crippen molar-refractivity contribution in [1.82, 2.24) is 53.2 Å². The SMILES string of the molecule is CNC(CCCCNC(=O)COCCOCCNC(=O)COCCOCCNC(=O)CCC(NC(=O)CCCCCCCCCOc1ccc(C(=O)O)cc1)C(C)(O)O)C(=O)NC(CCCCNC(=O)COCCOCCNC(=O)COCCOCCNC(=O)CCC(NC(=O)CCCCCCCCCOc1ccc(C(=O)O)cc1)C(=O)O)C(=O)O. The van der Waals surface area contributed by atoms with Crippen LogP contribution in [-0.4, -0.2) is 303 Å². The van der Waals surface area contributed by atoms with E-state index in [9.17, 15) is 82.8 Å². The highest BCUT2D eigenvalue weighted by Gasteiger charge is 2.31. The second-order valence-corrected chi connectivity index (χ2v) is 28.5. The van der Waals surface area contributed by atoms with Crippen molar-refractivity contribution >= 4 is 77.0 Å². The Morgan fingerprint density at radius 1 is 0.306 bits per heavy atom. The molecule has 0 spiro atoms. The summed E-state index contributed by atoms with van der Waals surface area (Å²) in [7, 11) is 1.59. The van der Waals surface area contributed by atoms with E-state index in [0.29, 0.717) is 76.2 Å². The van der Waals surface area contributed by atoms with E-state index in [1.165, 1.54) is 24.3 Å². The number of aliphatic carboxylic acids is 2. The first-order chi connectivity index (χ1) is 58.3. The van der Waals surface area contributed by atoms with Gasteiger partial charge in [-0.2, -0.15) is 0 Å². The van der Waals surface area contributed by atoms with E-state index in [0.717, 1.165) is 84.0 Å². The molecule has 39 heteroatoms. The first-order valence-electron chi connectivity index (χ1n) is 41.9. The molecular weight excluding hydrogens is 1590 g/mol. The Balaban J connectivity index is 1.35. The first-order valence-corrected chi connectivity index (χ1v) is 41.9. The molecule has 121 heavy (non-hydrogen) atoms. The van der Waals surface area contributed by atoms with Crippen LogP contribution in [0, 0.1) is 0 Å². The number of hydrogen-bond donors (Lipinski definition) is 16. The van der Waals surface area contributed by atoms with Gasteiger partial charge >= 0.3 is 23.9 Å². The Labute approximate surface area is 708 Å². The number of unbranched alkanes of at least 4 members (excludes halogenated alkanes) is 14. The normalized spacial score (nSPS) is 12.2. The highest BCUT2D eigenvalue weighted by atomic mass is 16.5. The molecular formula is C82H134N10O29. The topological polar surface area (TPSA) is 556 Å². The van der Waals surface area contributed by atoms with Crippen LogP contribution in [0.4, 0.5) is 0 Å². The van der Waals surface area contributed by atoms with E-state index < -0.39 is 71.6 Å². The van der Waals surface area contributed by atoms with Gasteiger partial charge in [0.05, 0.1) is 116 Å². The van der Waals surface area contributed by atoms with Gasteiger partial charge in [0.15, 0.2) is 5.79 Å². The average molecular weight is 1720 g/mol. The summed E-state index contributed by atoms with van der Waals surface area (Å²) in [5.74, 6) is -8.88. The zero-order valence-corrected chi connectivity index (χ0v) is 70.4. The molecule has 0 saturated carbocycles. The van der Waals surface area contributed by atoms with Gasteiger partial charge in [0.2, 0.25) is 53.2 Å². The number of hydrogen-bond acceptors (Lipinski definition) is 26. The summed E-state index contributed by atoms with van der Waals surface area (Å²) >= 11 is 0. The van der Waals surface area contributed by atoms with Crippen molar-refractivity contribution in [2.45, 2.75) is 204 Å². The second-order valence-electron chi connectivity index (χ2n) is 28.5. The van der Waals surface area contributed by atoms with E-state index in [-0.39, 0.29) is 230 Å². The minimum absolute atomic E-state index is 0.00392. The molecule has 0 heterocycles. The molecule has 16 N–H and O–H groups in total. The molecule has 686 valence electrons. The molecule has 2 rings (SSSR count). The van der Waals surface area contributed by atoms with Crippen LogP contribution in [0.5, 0.6) is 11.5 Å². The van der Waals surface area contributed by atoms with Gasteiger partial charge in [0.1, 0.15) is 50.0 Å².